The number of terminal acetylenes is 1. The zero-order valence-corrected chi connectivity index (χ0v) is 7.84. The Bertz CT molecular complexity index is 301. The quantitative estimate of drug-likeness (QED) is 0.612. The van der Waals surface area contributed by atoms with E-state index in [1.54, 1.807) is 7.11 Å². The van der Waals surface area contributed by atoms with E-state index < -0.39 is 5.60 Å². The van der Waals surface area contributed by atoms with Gasteiger partial charge in [0.05, 0.1) is 11.5 Å². The summed E-state index contributed by atoms with van der Waals surface area (Å²) in [5.74, 6) is 3.16. The van der Waals surface area contributed by atoms with Crippen LogP contribution in [0.2, 0.25) is 0 Å². The molecule has 2 heteroatoms. The fourth-order valence-corrected chi connectivity index (χ4v) is 2.25. The minimum atomic E-state index is -0.582. The van der Waals surface area contributed by atoms with Crippen molar-refractivity contribution in [1.29, 1.82) is 5.26 Å². The molecule has 2 nitrogen and oxygen atoms in total. The van der Waals surface area contributed by atoms with Crippen molar-refractivity contribution in [3.05, 3.63) is 0 Å². The van der Waals surface area contributed by atoms with E-state index in [9.17, 15) is 0 Å². The molecule has 0 bridgehead atoms. The summed E-state index contributed by atoms with van der Waals surface area (Å²) in [6.07, 6.45) is 9.56. The summed E-state index contributed by atoms with van der Waals surface area (Å²) in [5.41, 5.74) is -0.945. The predicted molar refractivity (Wildman–Crippen MR) is 48.6 cm³/mol. The molecule has 2 aliphatic rings. The van der Waals surface area contributed by atoms with Crippen LogP contribution in [0.1, 0.15) is 25.7 Å². The molecule has 0 aromatic rings. The normalized spacial score (nSPS) is 28.2. The molecule has 1 atom stereocenters. The minimum absolute atomic E-state index is 0.363. The van der Waals surface area contributed by atoms with Crippen molar-refractivity contribution in [1.82, 2.24) is 0 Å². The van der Waals surface area contributed by atoms with E-state index in [0.717, 1.165) is 25.7 Å². The Morgan fingerprint density at radius 1 is 1.54 bits per heavy atom. The second kappa shape index (κ2) is 2.50. The first-order valence-electron chi connectivity index (χ1n) is 4.69. The lowest BCUT2D eigenvalue weighted by Gasteiger charge is -2.31. The lowest BCUT2D eigenvalue weighted by atomic mass is 9.81. The van der Waals surface area contributed by atoms with Crippen molar-refractivity contribution in [2.24, 2.45) is 11.3 Å². The fraction of sp³-hybridized carbons (Fsp3) is 0.727. The molecule has 2 saturated carbocycles. The molecule has 2 rings (SSSR count). The molecule has 0 N–H and O–H groups in total. The van der Waals surface area contributed by atoms with Gasteiger partial charge in [-0.3, -0.25) is 0 Å². The van der Waals surface area contributed by atoms with Gasteiger partial charge in [0.1, 0.15) is 5.60 Å². The number of hydrogen-bond donors (Lipinski definition) is 0. The van der Waals surface area contributed by atoms with E-state index in [4.69, 9.17) is 16.4 Å². The van der Waals surface area contributed by atoms with Crippen LogP contribution >= 0.6 is 0 Å². The molecule has 0 saturated heterocycles. The molecule has 0 aromatic heterocycles. The highest BCUT2D eigenvalue weighted by molar-refractivity contribution is 5.33. The number of rotatable bonds is 3. The van der Waals surface area contributed by atoms with Crippen molar-refractivity contribution in [2.45, 2.75) is 31.3 Å². The second-order valence-electron chi connectivity index (χ2n) is 4.05. The molecule has 0 radical (unpaired) electrons. The first kappa shape index (κ1) is 8.60. The van der Waals surface area contributed by atoms with Gasteiger partial charge in [0, 0.05) is 13.0 Å². The number of hydrogen-bond acceptors (Lipinski definition) is 2. The van der Waals surface area contributed by atoms with Crippen LogP contribution in [0.15, 0.2) is 0 Å². The van der Waals surface area contributed by atoms with E-state index >= 15 is 0 Å². The lowest BCUT2D eigenvalue weighted by Crippen LogP contribution is -2.42. The van der Waals surface area contributed by atoms with Gasteiger partial charge < -0.3 is 4.74 Å². The molecular formula is C11H13NO. The van der Waals surface area contributed by atoms with E-state index in [-0.39, 0.29) is 5.41 Å². The van der Waals surface area contributed by atoms with Crippen molar-refractivity contribution in [3.63, 3.8) is 0 Å². The molecule has 0 amide bonds. The van der Waals surface area contributed by atoms with Gasteiger partial charge in [-0.15, -0.1) is 6.42 Å². The van der Waals surface area contributed by atoms with Gasteiger partial charge in [0.25, 0.3) is 0 Å². The van der Waals surface area contributed by atoms with Gasteiger partial charge in [-0.25, -0.2) is 0 Å². The summed E-state index contributed by atoms with van der Waals surface area (Å²) in [7, 11) is 1.63. The Kier molecular flexibility index (Phi) is 1.65. The maximum atomic E-state index is 9.11. The van der Waals surface area contributed by atoms with Gasteiger partial charge in [-0.1, -0.05) is 5.92 Å². The number of ether oxygens (including phenoxy) is 1. The number of methoxy groups -OCH3 is 1. The van der Waals surface area contributed by atoms with Crippen LogP contribution in [0, 0.1) is 35.0 Å². The first-order chi connectivity index (χ1) is 6.24. The smallest absolute Gasteiger partial charge is 0.149 e. The van der Waals surface area contributed by atoms with Crippen molar-refractivity contribution in [3.8, 4) is 18.4 Å². The Hall–Kier alpha value is -0.990. The zero-order chi connectivity index (χ0) is 9.53. The Morgan fingerprint density at radius 3 is 2.38 bits per heavy atom. The SMILES string of the molecule is C#C[C@](OC)(C1CC1)C1(C#N)CC1. The van der Waals surface area contributed by atoms with Gasteiger partial charge in [0.2, 0.25) is 0 Å². The summed E-state index contributed by atoms with van der Waals surface area (Å²) in [6.45, 7) is 0. The summed E-state index contributed by atoms with van der Waals surface area (Å²) in [5, 5.41) is 9.11. The van der Waals surface area contributed by atoms with Crippen LogP contribution in [0.3, 0.4) is 0 Å². The molecule has 13 heavy (non-hydrogen) atoms. The molecule has 0 spiro atoms. The van der Waals surface area contributed by atoms with Crippen molar-refractivity contribution < 1.29 is 4.74 Å². The predicted octanol–water partition coefficient (Wildman–Crippen LogP) is 1.72. The topological polar surface area (TPSA) is 33.0 Å². The largest absolute Gasteiger partial charge is 0.364 e. The zero-order valence-electron chi connectivity index (χ0n) is 7.84. The van der Waals surface area contributed by atoms with Crippen LogP contribution in [0.4, 0.5) is 0 Å². The van der Waals surface area contributed by atoms with Crippen molar-refractivity contribution >= 4 is 0 Å². The Balaban J connectivity index is 2.33. The highest BCUT2D eigenvalue weighted by Crippen LogP contribution is 2.62. The lowest BCUT2D eigenvalue weighted by molar-refractivity contribution is -0.0198. The van der Waals surface area contributed by atoms with E-state index in [2.05, 4.69) is 12.0 Å². The second-order valence-corrected chi connectivity index (χ2v) is 4.05. The van der Waals surface area contributed by atoms with Crippen LogP contribution in [-0.4, -0.2) is 12.7 Å². The maximum absolute atomic E-state index is 9.11. The summed E-state index contributed by atoms with van der Waals surface area (Å²) < 4.78 is 5.47. The van der Waals surface area contributed by atoms with Crippen LogP contribution in [-0.2, 0) is 4.74 Å². The standard InChI is InChI=1S/C11H13NO/c1-3-11(13-2,9-4-5-9)10(8-12)6-7-10/h1,9H,4-7H2,2H3/t11-/m0/s1. The average molecular weight is 175 g/mol. The van der Waals surface area contributed by atoms with E-state index in [1.807, 2.05) is 0 Å². The van der Waals surface area contributed by atoms with Gasteiger partial charge >= 0.3 is 0 Å². The highest BCUT2D eigenvalue weighted by atomic mass is 16.5. The average Bonchev–Trinajstić information content (AvgIpc) is 3.03. The molecule has 2 aliphatic carbocycles. The molecule has 0 aliphatic heterocycles. The van der Waals surface area contributed by atoms with Crippen LogP contribution < -0.4 is 0 Å². The molecule has 0 unspecified atom stereocenters. The molecular weight excluding hydrogens is 162 g/mol. The molecule has 2 fully saturated rings. The van der Waals surface area contributed by atoms with Crippen LogP contribution in [0.5, 0.6) is 0 Å². The van der Waals surface area contributed by atoms with E-state index in [1.165, 1.54) is 0 Å². The summed E-state index contributed by atoms with van der Waals surface area (Å²) in [4.78, 5) is 0. The van der Waals surface area contributed by atoms with E-state index in [0.29, 0.717) is 5.92 Å². The van der Waals surface area contributed by atoms with Gasteiger partial charge in [-0.2, -0.15) is 5.26 Å². The highest BCUT2D eigenvalue weighted by Gasteiger charge is 2.65. The third kappa shape index (κ3) is 0.929. The molecule has 0 heterocycles. The third-order valence-electron chi connectivity index (χ3n) is 3.36. The third-order valence-corrected chi connectivity index (χ3v) is 3.36. The Labute approximate surface area is 78.9 Å². The number of nitriles is 1. The molecule has 0 aromatic carbocycles. The van der Waals surface area contributed by atoms with Crippen LogP contribution in [0.25, 0.3) is 0 Å². The minimum Gasteiger partial charge on any atom is -0.364 e. The summed E-state index contributed by atoms with van der Waals surface area (Å²) >= 11 is 0. The first-order valence-corrected chi connectivity index (χ1v) is 4.69. The fourth-order valence-electron chi connectivity index (χ4n) is 2.25. The monoisotopic (exact) mass is 175 g/mol. The maximum Gasteiger partial charge on any atom is 0.149 e. The van der Waals surface area contributed by atoms with Crippen molar-refractivity contribution in [2.75, 3.05) is 7.11 Å². The van der Waals surface area contributed by atoms with Gasteiger partial charge in [-0.05, 0) is 25.7 Å². The Morgan fingerprint density at radius 2 is 2.15 bits per heavy atom. The van der Waals surface area contributed by atoms with Gasteiger partial charge in [0.15, 0.2) is 0 Å². The summed E-state index contributed by atoms with van der Waals surface area (Å²) in [6, 6.07) is 2.35. The molecule has 68 valence electrons. The number of nitrogens with zero attached hydrogens (tertiary/aromatic N) is 1.